The lowest BCUT2D eigenvalue weighted by atomic mass is 10.2. The van der Waals surface area contributed by atoms with Gasteiger partial charge >= 0.3 is 0 Å². The summed E-state index contributed by atoms with van der Waals surface area (Å²) in [6.45, 7) is 2.19. The minimum Gasteiger partial charge on any atom is -0.376 e. The van der Waals surface area contributed by atoms with E-state index in [0.29, 0.717) is 0 Å². The molecule has 0 aliphatic rings. The quantitative estimate of drug-likeness (QED) is 0.828. The molecule has 1 aromatic carbocycles. The average Bonchev–Trinajstić information content (AvgIpc) is 2.28. The van der Waals surface area contributed by atoms with Gasteiger partial charge in [0.1, 0.15) is 6.54 Å². The molecule has 16 heavy (non-hydrogen) atoms. The molecule has 0 spiro atoms. The monoisotopic (exact) mass is 281 g/mol. The van der Waals surface area contributed by atoms with Crippen LogP contribution in [0.1, 0.15) is 5.56 Å². The lowest BCUT2D eigenvalue weighted by Crippen LogP contribution is -2.29. The molecule has 0 unspecified atom stereocenters. The number of benzene rings is 1. The Morgan fingerprint density at radius 2 is 2.31 bits per heavy atom. The molecule has 4 nitrogen and oxygen atoms in total. The van der Waals surface area contributed by atoms with Crippen LogP contribution in [0.4, 0.5) is 5.69 Å². The van der Waals surface area contributed by atoms with Crippen LogP contribution < -0.4 is 10.6 Å². The summed E-state index contributed by atoms with van der Waals surface area (Å²) in [6, 6.07) is 7.60. The normalized spacial score (nSPS) is 9.31. The first-order valence-electron chi connectivity index (χ1n) is 4.77. The van der Waals surface area contributed by atoms with E-state index in [1.807, 2.05) is 31.2 Å². The van der Waals surface area contributed by atoms with Crippen molar-refractivity contribution in [3.05, 3.63) is 28.2 Å². The summed E-state index contributed by atoms with van der Waals surface area (Å²) in [5.74, 6) is -0.192. The van der Waals surface area contributed by atoms with Gasteiger partial charge in [0.15, 0.2) is 0 Å². The zero-order valence-corrected chi connectivity index (χ0v) is 10.5. The molecular weight excluding hydrogens is 270 g/mol. The number of hydrogen-bond donors (Lipinski definition) is 2. The van der Waals surface area contributed by atoms with Crippen LogP contribution in [0.15, 0.2) is 22.7 Å². The SMILES string of the molecule is Cc1cc(NCC(=O)NCC#N)ccc1Br. The summed E-state index contributed by atoms with van der Waals surface area (Å²) in [5, 5.41) is 13.7. The zero-order chi connectivity index (χ0) is 12.0. The molecule has 5 heteroatoms. The van der Waals surface area contributed by atoms with Gasteiger partial charge in [0.25, 0.3) is 0 Å². The van der Waals surface area contributed by atoms with Crippen molar-refractivity contribution in [3.63, 3.8) is 0 Å². The Hall–Kier alpha value is -1.54. The van der Waals surface area contributed by atoms with Gasteiger partial charge in [-0.2, -0.15) is 5.26 Å². The van der Waals surface area contributed by atoms with Gasteiger partial charge in [-0.25, -0.2) is 0 Å². The summed E-state index contributed by atoms with van der Waals surface area (Å²) >= 11 is 3.40. The van der Waals surface area contributed by atoms with Crippen LogP contribution in [0, 0.1) is 18.3 Å². The standard InChI is InChI=1S/C11H12BrN3O/c1-8-6-9(2-3-10(8)12)15-7-11(16)14-5-4-13/h2-3,6,15H,5,7H2,1H3,(H,14,16). The number of aryl methyl sites for hydroxylation is 1. The van der Waals surface area contributed by atoms with Crippen molar-refractivity contribution in [3.8, 4) is 6.07 Å². The summed E-state index contributed by atoms with van der Waals surface area (Å²) in [7, 11) is 0. The van der Waals surface area contributed by atoms with Gasteiger partial charge in [0.05, 0.1) is 12.6 Å². The Morgan fingerprint density at radius 3 is 2.94 bits per heavy atom. The maximum absolute atomic E-state index is 11.2. The fourth-order valence-electron chi connectivity index (χ4n) is 1.14. The summed E-state index contributed by atoms with van der Waals surface area (Å²) in [6.07, 6.45) is 0. The van der Waals surface area contributed by atoms with Crippen molar-refractivity contribution in [2.24, 2.45) is 0 Å². The van der Waals surface area contributed by atoms with Crippen LogP contribution in [-0.4, -0.2) is 19.0 Å². The Morgan fingerprint density at radius 1 is 1.56 bits per heavy atom. The minimum atomic E-state index is -0.192. The number of carbonyl (C=O) groups excluding carboxylic acids is 1. The summed E-state index contributed by atoms with van der Waals surface area (Å²) in [4.78, 5) is 11.2. The largest absolute Gasteiger partial charge is 0.376 e. The van der Waals surface area contributed by atoms with E-state index in [9.17, 15) is 4.79 Å². The van der Waals surface area contributed by atoms with Gasteiger partial charge in [-0.1, -0.05) is 15.9 Å². The molecule has 1 aromatic rings. The Balaban J connectivity index is 2.46. The molecule has 2 N–H and O–H groups in total. The first-order chi connectivity index (χ1) is 7.63. The van der Waals surface area contributed by atoms with E-state index < -0.39 is 0 Å². The first-order valence-corrected chi connectivity index (χ1v) is 5.56. The van der Waals surface area contributed by atoms with E-state index in [1.165, 1.54) is 0 Å². The summed E-state index contributed by atoms with van der Waals surface area (Å²) < 4.78 is 1.03. The van der Waals surface area contributed by atoms with Gasteiger partial charge in [-0.15, -0.1) is 0 Å². The smallest absolute Gasteiger partial charge is 0.240 e. The molecule has 1 amide bonds. The van der Waals surface area contributed by atoms with E-state index in [-0.39, 0.29) is 19.0 Å². The van der Waals surface area contributed by atoms with Crippen LogP contribution in [0.2, 0.25) is 0 Å². The first kappa shape index (κ1) is 12.5. The van der Waals surface area contributed by atoms with Crippen LogP contribution in [0.5, 0.6) is 0 Å². The molecule has 0 bridgehead atoms. The third-order valence-electron chi connectivity index (χ3n) is 1.98. The van der Waals surface area contributed by atoms with Crippen molar-refractivity contribution in [2.75, 3.05) is 18.4 Å². The van der Waals surface area contributed by atoms with E-state index in [2.05, 4.69) is 26.6 Å². The predicted molar refractivity (Wildman–Crippen MR) is 66.0 cm³/mol. The topological polar surface area (TPSA) is 64.9 Å². The molecular formula is C11H12BrN3O. The van der Waals surface area contributed by atoms with Crippen LogP contribution in [-0.2, 0) is 4.79 Å². The Kier molecular flexibility index (Phi) is 4.80. The van der Waals surface area contributed by atoms with Crippen molar-refractivity contribution in [1.82, 2.24) is 5.32 Å². The molecule has 0 fully saturated rings. The van der Waals surface area contributed by atoms with E-state index >= 15 is 0 Å². The average molecular weight is 282 g/mol. The second-order valence-corrected chi connectivity index (χ2v) is 4.11. The number of amides is 1. The predicted octanol–water partition coefficient (Wildman–Crippen LogP) is 1.81. The summed E-state index contributed by atoms with van der Waals surface area (Å²) in [5.41, 5.74) is 1.98. The molecule has 0 saturated heterocycles. The van der Waals surface area contributed by atoms with E-state index in [4.69, 9.17) is 5.26 Å². The molecule has 0 aliphatic heterocycles. The number of anilines is 1. The lowest BCUT2D eigenvalue weighted by Gasteiger charge is -2.07. The highest BCUT2D eigenvalue weighted by molar-refractivity contribution is 9.10. The number of hydrogen-bond acceptors (Lipinski definition) is 3. The lowest BCUT2D eigenvalue weighted by molar-refractivity contribution is -0.119. The van der Waals surface area contributed by atoms with Gasteiger partial charge in [-0.05, 0) is 30.7 Å². The molecule has 0 heterocycles. The van der Waals surface area contributed by atoms with Crippen molar-refractivity contribution in [1.29, 1.82) is 5.26 Å². The molecule has 84 valence electrons. The highest BCUT2D eigenvalue weighted by Crippen LogP contribution is 2.19. The Bertz CT molecular complexity index is 426. The molecule has 1 rings (SSSR count). The van der Waals surface area contributed by atoms with Gasteiger partial charge in [0, 0.05) is 10.2 Å². The highest BCUT2D eigenvalue weighted by atomic mass is 79.9. The highest BCUT2D eigenvalue weighted by Gasteiger charge is 2.01. The Labute approximate surface area is 103 Å². The van der Waals surface area contributed by atoms with Gasteiger partial charge < -0.3 is 10.6 Å². The molecule has 0 radical (unpaired) electrons. The molecule has 0 aromatic heterocycles. The van der Waals surface area contributed by atoms with Crippen LogP contribution in [0.25, 0.3) is 0 Å². The van der Waals surface area contributed by atoms with Gasteiger partial charge in [0.2, 0.25) is 5.91 Å². The van der Waals surface area contributed by atoms with Crippen molar-refractivity contribution < 1.29 is 4.79 Å². The third kappa shape index (κ3) is 3.91. The number of rotatable bonds is 4. The molecule has 0 aliphatic carbocycles. The number of carbonyl (C=O) groups is 1. The maximum atomic E-state index is 11.2. The van der Waals surface area contributed by atoms with Crippen molar-refractivity contribution in [2.45, 2.75) is 6.92 Å². The van der Waals surface area contributed by atoms with E-state index in [0.717, 1.165) is 15.7 Å². The van der Waals surface area contributed by atoms with Crippen LogP contribution >= 0.6 is 15.9 Å². The molecule has 0 saturated carbocycles. The second kappa shape index (κ2) is 6.13. The third-order valence-corrected chi connectivity index (χ3v) is 2.87. The minimum absolute atomic E-state index is 0.0415. The maximum Gasteiger partial charge on any atom is 0.240 e. The fourth-order valence-corrected chi connectivity index (χ4v) is 1.38. The number of halogens is 1. The zero-order valence-electron chi connectivity index (χ0n) is 8.88. The molecule has 0 atom stereocenters. The number of nitriles is 1. The number of nitrogens with zero attached hydrogens (tertiary/aromatic N) is 1. The number of nitrogens with one attached hydrogen (secondary N) is 2. The van der Waals surface area contributed by atoms with E-state index in [1.54, 1.807) is 0 Å². The van der Waals surface area contributed by atoms with Gasteiger partial charge in [-0.3, -0.25) is 4.79 Å². The fraction of sp³-hybridized carbons (Fsp3) is 0.273. The van der Waals surface area contributed by atoms with Crippen LogP contribution in [0.3, 0.4) is 0 Å². The second-order valence-electron chi connectivity index (χ2n) is 3.25. The van der Waals surface area contributed by atoms with Crippen molar-refractivity contribution >= 4 is 27.5 Å².